The van der Waals surface area contributed by atoms with Gasteiger partial charge in [0.25, 0.3) is 5.91 Å². The number of carbonyl (C=O) groups is 1. The average molecular weight is 267 g/mol. The molecule has 2 rings (SSSR count). The van der Waals surface area contributed by atoms with Gasteiger partial charge in [-0.15, -0.1) is 0 Å². The lowest BCUT2D eigenvalue weighted by Gasteiger charge is -1.95. The monoisotopic (exact) mass is 267 g/mol. The zero-order valence-electron chi connectivity index (χ0n) is 9.85. The Morgan fingerprint density at radius 2 is 1.47 bits per heavy atom. The van der Waals surface area contributed by atoms with Crippen LogP contribution in [0.2, 0.25) is 0 Å². The molecule has 19 heavy (non-hydrogen) atoms. The van der Waals surface area contributed by atoms with Crippen molar-refractivity contribution in [2.24, 2.45) is 15.2 Å². The Morgan fingerprint density at radius 1 is 0.895 bits per heavy atom. The highest BCUT2D eigenvalue weighted by Crippen LogP contribution is 2.18. The molecule has 1 amide bonds. The van der Waals surface area contributed by atoms with Crippen LogP contribution in [-0.4, -0.2) is 11.1 Å². The number of azo groups is 1. The minimum Gasteiger partial charge on any atom is -0.266 e. The third-order valence-corrected chi connectivity index (χ3v) is 2.39. The summed E-state index contributed by atoms with van der Waals surface area (Å²) >= 11 is 4.38. The highest BCUT2D eigenvalue weighted by molar-refractivity contribution is 7.78. The van der Waals surface area contributed by atoms with Crippen molar-refractivity contribution in [2.75, 3.05) is 0 Å². The van der Waals surface area contributed by atoms with Crippen molar-refractivity contribution in [3.05, 3.63) is 60.2 Å². The first-order valence-corrected chi connectivity index (χ1v) is 5.89. The number of benzene rings is 2. The molecule has 0 aliphatic carbocycles. The van der Waals surface area contributed by atoms with E-state index in [0.717, 1.165) is 5.69 Å². The number of hydrogen-bond donors (Lipinski definition) is 0. The molecule has 0 aliphatic rings. The van der Waals surface area contributed by atoms with Crippen LogP contribution in [0.1, 0.15) is 10.4 Å². The van der Waals surface area contributed by atoms with Crippen LogP contribution in [0.4, 0.5) is 11.4 Å². The number of hydrogen-bond acceptors (Lipinski definition) is 4. The van der Waals surface area contributed by atoms with Crippen LogP contribution >= 0.6 is 12.2 Å². The molecular formula is C14H9N3OS. The quantitative estimate of drug-likeness (QED) is 0.471. The number of rotatable bonds is 3. The number of amides is 1. The molecule has 0 heterocycles. The summed E-state index contributed by atoms with van der Waals surface area (Å²) in [6, 6.07) is 16.0. The fourth-order valence-electron chi connectivity index (χ4n) is 1.39. The van der Waals surface area contributed by atoms with Gasteiger partial charge in [-0.1, -0.05) is 18.2 Å². The molecule has 0 spiro atoms. The predicted octanol–water partition coefficient (Wildman–Crippen LogP) is 4.35. The molecule has 0 saturated heterocycles. The van der Waals surface area contributed by atoms with Gasteiger partial charge in [-0.2, -0.15) is 15.2 Å². The third-order valence-electron chi connectivity index (χ3n) is 2.30. The van der Waals surface area contributed by atoms with Gasteiger partial charge in [0.05, 0.1) is 16.5 Å². The molecule has 0 radical (unpaired) electrons. The van der Waals surface area contributed by atoms with Crippen LogP contribution < -0.4 is 0 Å². The normalized spacial score (nSPS) is 10.1. The zero-order valence-corrected chi connectivity index (χ0v) is 10.7. The van der Waals surface area contributed by atoms with Gasteiger partial charge in [-0.3, -0.25) is 4.79 Å². The Labute approximate surface area is 115 Å². The maximum absolute atomic E-state index is 11.4. The third kappa shape index (κ3) is 3.74. The second-order valence-electron chi connectivity index (χ2n) is 3.59. The van der Waals surface area contributed by atoms with Gasteiger partial charge in [0.1, 0.15) is 0 Å². The van der Waals surface area contributed by atoms with Crippen molar-refractivity contribution in [2.45, 2.75) is 0 Å². The fourth-order valence-corrected chi connectivity index (χ4v) is 1.47. The van der Waals surface area contributed by atoms with Crippen molar-refractivity contribution < 1.29 is 4.79 Å². The lowest BCUT2D eigenvalue weighted by Crippen LogP contribution is -1.92. The van der Waals surface area contributed by atoms with Gasteiger partial charge in [-0.25, -0.2) is 0 Å². The maximum atomic E-state index is 11.4. The summed E-state index contributed by atoms with van der Waals surface area (Å²) in [4.78, 5) is 14.8. The molecule has 0 unspecified atom stereocenters. The Morgan fingerprint density at radius 3 is 2.05 bits per heavy atom. The highest BCUT2D eigenvalue weighted by Gasteiger charge is 2.02. The number of isothiocyanates is 1. The Hall–Kier alpha value is -2.49. The Balaban J connectivity index is 2.13. The summed E-state index contributed by atoms with van der Waals surface area (Å²) in [7, 11) is 0. The molecule has 0 atom stereocenters. The number of carbonyl (C=O) groups excluding carboxylic acids is 1. The number of thiocarbonyl (C=S) groups is 1. The van der Waals surface area contributed by atoms with E-state index in [2.05, 4.69) is 27.4 Å². The maximum Gasteiger partial charge on any atom is 0.285 e. The van der Waals surface area contributed by atoms with E-state index in [1.165, 1.54) is 0 Å². The Bertz CT molecular complexity index is 644. The second kappa shape index (κ2) is 6.44. The zero-order chi connectivity index (χ0) is 13.5. The average Bonchev–Trinajstić information content (AvgIpc) is 2.47. The van der Waals surface area contributed by atoms with Crippen LogP contribution in [0.5, 0.6) is 0 Å². The smallest absolute Gasteiger partial charge is 0.266 e. The topological polar surface area (TPSA) is 54.1 Å². The summed E-state index contributed by atoms with van der Waals surface area (Å²) in [5.41, 5.74) is 1.87. The van der Waals surface area contributed by atoms with Crippen LogP contribution in [0.15, 0.2) is 69.8 Å². The van der Waals surface area contributed by atoms with Crippen LogP contribution in [0, 0.1) is 0 Å². The second-order valence-corrected chi connectivity index (χ2v) is 3.77. The van der Waals surface area contributed by atoms with Crippen molar-refractivity contribution >= 4 is 34.7 Å². The molecule has 2 aromatic rings. The van der Waals surface area contributed by atoms with E-state index < -0.39 is 5.91 Å². The molecule has 2 aromatic carbocycles. The standard InChI is InChI=1S/C14H9N3OS/c18-14(15-10-19)11-6-8-13(9-7-11)17-16-12-4-2-1-3-5-12/h1-9H. The first kappa shape index (κ1) is 13.0. The fraction of sp³-hybridized carbons (Fsp3) is 0. The van der Waals surface area contributed by atoms with Gasteiger partial charge in [0.2, 0.25) is 0 Å². The highest BCUT2D eigenvalue weighted by atomic mass is 32.1. The summed E-state index contributed by atoms with van der Waals surface area (Å²) in [5.74, 6) is -0.415. The van der Waals surface area contributed by atoms with Crippen molar-refractivity contribution in [1.29, 1.82) is 0 Å². The van der Waals surface area contributed by atoms with E-state index in [1.807, 2.05) is 35.5 Å². The van der Waals surface area contributed by atoms with Gasteiger partial charge >= 0.3 is 0 Å². The molecule has 0 bridgehead atoms. The van der Waals surface area contributed by atoms with Crippen molar-refractivity contribution in [3.8, 4) is 0 Å². The minimum atomic E-state index is -0.415. The first-order chi connectivity index (χ1) is 9.29. The van der Waals surface area contributed by atoms with E-state index in [9.17, 15) is 4.79 Å². The van der Waals surface area contributed by atoms with Crippen LogP contribution in [-0.2, 0) is 0 Å². The summed E-state index contributed by atoms with van der Waals surface area (Å²) in [6.07, 6.45) is 0. The SMILES string of the molecule is O=C(N=C=S)c1ccc(N=Nc2ccccc2)cc1. The lowest BCUT2D eigenvalue weighted by atomic mass is 10.2. The number of nitrogens with zero attached hydrogens (tertiary/aromatic N) is 3. The molecule has 5 heteroatoms. The summed E-state index contributed by atoms with van der Waals surface area (Å²) < 4.78 is 0. The first-order valence-electron chi connectivity index (χ1n) is 5.48. The van der Waals surface area contributed by atoms with E-state index in [0.29, 0.717) is 11.3 Å². The lowest BCUT2D eigenvalue weighted by molar-refractivity contribution is 0.100. The largest absolute Gasteiger partial charge is 0.285 e. The van der Waals surface area contributed by atoms with E-state index in [4.69, 9.17) is 0 Å². The van der Waals surface area contributed by atoms with E-state index in [1.54, 1.807) is 24.3 Å². The van der Waals surface area contributed by atoms with Gasteiger partial charge in [0, 0.05) is 5.56 Å². The summed E-state index contributed by atoms with van der Waals surface area (Å²) in [6.45, 7) is 0. The molecular weight excluding hydrogens is 258 g/mol. The van der Waals surface area contributed by atoms with E-state index >= 15 is 0 Å². The molecule has 0 fully saturated rings. The molecule has 0 saturated carbocycles. The minimum absolute atomic E-state index is 0.415. The van der Waals surface area contributed by atoms with Gasteiger partial charge in [-0.05, 0) is 48.6 Å². The van der Waals surface area contributed by atoms with Crippen molar-refractivity contribution in [3.63, 3.8) is 0 Å². The molecule has 0 aliphatic heterocycles. The number of aliphatic imine (C=N–C) groups is 1. The van der Waals surface area contributed by atoms with Gasteiger partial charge in [0.15, 0.2) is 0 Å². The van der Waals surface area contributed by atoms with Crippen LogP contribution in [0.25, 0.3) is 0 Å². The van der Waals surface area contributed by atoms with Gasteiger partial charge < -0.3 is 0 Å². The molecule has 0 aromatic heterocycles. The van der Waals surface area contributed by atoms with Crippen molar-refractivity contribution in [1.82, 2.24) is 0 Å². The molecule has 0 N–H and O–H groups in total. The van der Waals surface area contributed by atoms with E-state index in [-0.39, 0.29) is 0 Å². The molecule has 4 nitrogen and oxygen atoms in total. The predicted molar refractivity (Wildman–Crippen MR) is 76.4 cm³/mol. The van der Waals surface area contributed by atoms with Crippen LogP contribution in [0.3, 0.4) is 0 Å². The Kier molecular flexibility index (Phi) is 4.39. The molecule has 92 valence electrons. The summed E-state index contributed by atoms with van der Waals surface area (Å²) in [5, 5.41) is 10.2.